The van der Waals surface area contributed by atoms with Gasteiger partial charge in [0.1, 0.15) is 0 Å². The Morgan fingerprint density at radius 2 is 2.16 bits per heavy atom. The molecule has 0 unspecified atom stereocenters. The van der Waals surface area contributed by atoms with Crippen molar-refractivity contribution in [3.8, 4) is 11.3 Å². The zero-order chi connectivity index (χ0) is 13.6. The standard InChI is InChI=1S/C13H14N4O2/c1-16-7-15-9(6-14)12(16)8-3-4-11-10(5-8)17(2)13(18)19-11/h3-5,7H,6,14H2,1-2H3. The molecule has 0 spiro atoms. The molecule has 0 aliphatic rings. The average Bonchev–Trinajstić information content (AvgIpc) is 2.91. The van der Waals surface area contributed by atoms with Crippen molar-refractivity contribution in [1.29, 1.82) is 0 Å². The first-order chi connectivity index (χ1) is 9.11. The minimum Gasteiger partial charge on any atom is -0.408 e. The van der Waals surface area contributed by atoms with Gasteiger partial charge in [0.2, 0.25) is 0 Å². The van der Waals surface area contributed by atoms with Crippen LogP contribution in [0.25, 0.3) is 22.4 Å². The maximum absolute atomic E-state index is 11.5. The topological polar surface area (TPSA) is 79.0 Å². The highest BCUT2D eigenvalue weighted by Gasteiger charge is 2.13. The molecule has 0 saturated heterocycles. The number of nitrogens with zero attached hydrogens (tertiary/aromatic N) is 3. The van der Waals surface area contributed by atoms with Crippen LogP contribution < -0.4 is 11.5 Å². The Morgan fingerprint density at radius 1 is 1.37 bits per heavy atom. The highest BCUT2D eigenvalue weighted by molar-refractivity contribution is 5.80. The van der Waals surface area contributed by atoms with E-state index in [1.807, 2.05) is 23.7 Å². The predicted molar refractivity (Wildman–Crippen MR) is 71.5 cm³/mol. The minimum atomic E-state index is -0.365. The first-order valence-corrected chi connectivity index (χ1v) is 5.92. The van der Waals surface area contributed by atoms with Crippen LogP contribution in [0.2, 0.25) is 0 Å². The van der Waals surface area contributed by atoms with Gasteiger partial charge in [-0.3, -0.25) is 4.57 Å². The lowest BCUT2D eigenvalue weighted by Gasteiger charge is -2.05. The van der Waals surface area contributed by atoms with Crippen LogP contribution in [-0.2, 0) is 20.6 Å². The first kappa shape index (κ1) is 11.7. The lowest BCUT2D eigenvalue weighted by Crippen LogP contribution is -2.08. The van der Waals surface area contributed by atoms with Gasteiger partial charge in [-0.1, -0.05) is 0 Å². The van der Waals surface area contributed by atoms with E-state index in [9.17, 15) is 4.79 Å². The molecule has 3 rings (SSSR count). The van der Waals surface area contributed by atoms with Gasteiger partial charge in [0.15, 0.2) is 5.58 Å². The first-order valence-electron chi connectivity index (χ1n) is 5.92. The van der Waals surface area contributed by atoms with Crippen molar-refractivity contribution in [2.24, 2.45) is 19.8 Å². The zero-order valence-electron chi connectivity index (χ0n) is 10.8. The highest BCUT2D eigenvalue weighted by atomic mass is 16.4. The van der Waals surface area contributed by atoms with Crippen molar-refractivity contribution in [2.45, 2.75) is 6.54 Å². The molecule has 0 aliphatic heterocycles. The number of hydrogen-bond donors (Lipinski definition) is 1. The summed E-state index contributed by atoms with van der Waals surface area (Å²) in [6.07, 6.45) is 1.73. The number of aryl methyl sites for hydroxylation is 2. The summed E-state index contributed by atoms with van der Waals surface area (Å²) >= 11 is 0. The van der Waals surface area contributed by atoms with Crippen LogP contribution in [0.3, 0.4) is 0 Å². The van der Waals surface area contributed by atoms with E-state index < -0.39 is 0 Å². The summed E-state index contributed by atoms with van der Waals surface area (Å²) in [6, 6.07) is 5.61. The number of nitrogens with two attached hydrogens (primary N) is 1. The van der Waals surface area contributed by atoms with Gasteiger partial charge >= 0.3 is 5.76 Å². The van der Waals surface area contributed by atoms with Crippen molar-refractivity contribution < 1.29 is 4.42 Å². The Kier molecular flexibility index (Phi) is 2.53. The second-order valence-corrected chi connectivity index (χ2v) is 4.46. The molecule has 6 heteroatoms. The quantitative estimate of drug-likeness (QED) is 0.743. The Bertz CT molecular complexity index is 810. The normalized spacial score (nSPS) is 11.3. The van der Waals surface area contributed by atoms with E-state index in [-0.39, 0.29) is 5.76 Å². The Balaban J connectivity index is 2.28. The Morgan fingerprint density at radius 3 is 2.89 bits per heavy atom. The number of benzene rings is 1. The maximum Gasteiger partial charge on any atom is 0.419 e. The van der Waals surface area contributed by atoms with Crippen LogP contribution >= 0.6 is 0 Å². The molecule has 6 nitrogen and oxygen atoms in total. The van der Waals surface area contributed by atoms with Crippen molar-refractivity contribution >= 4 is 11.1 Å². The third-order valence-corrected chi connectivity index (χ3v) is 3.27. The van der Waals surface area contributed by atoms with Crippen LogP contribution in [0.4, 0.5) is 0 Å². The SMILES string of the molecule is Cn1cnc(CN)c1-c1ccc2oc(=O)n(C)c2c1. The second kappa shape index (κ2) is 4.10. The minimum absolute atomic E-state index is 0.365. The van der Waals surface area contributed by atoms with E-state index in [0.717, 1.165) is 22.5 Å². The number of rotatable bonds is 2. The molecule has 3 aromatic rings. The van der Waals surface area contributed by atoms with Gasteiger partial charge in [-0.25, -0.2) is 9.78 Å². The summed E-state index contributed by atoms with van der Waals surface area (Å²) in [5.74, 6) is -0.365. The molecular weight excluding hydrogens is 244 g/mol. The predicted octanol–water partition coefficient (Wildman–Crippen LogP) is 0.991. The van der Waals surface area contributed by atoms with E-state index in [0.29, 0.717) is 12.1 Å². The largest absolute Gasteiger partial charge is 0.419 e. The molecular formula is C13H14N4O2. The molecule has 0 bridgehead atoms. The third kappa shape index (κ3) is 1.68. The molecule has 2 aromatic heterocycles. The summed E-state index contributed by atoms with van der Waals surface area (Å²) in [5, 5.41) is 0. The van der Waals surface area contributed by atoms with Crippen molar-refractivity contribution in [3.63, 3.8) is 0 Å². The van der Waals surface area contributed by atoms with Gasteiger partial charge in [0.05, 0.1) is 23.2 Å². The van der Waals surface area contributed by atoms with Gasteiger partial charge in [0, 0.05) is 26.2 Å². The smallest absolute Gasteiger partial charge is 0.408 e. The Labute approximate surface area is 109 Å². The monoisotopic (exact) mass is 258 g/mol. The number of fused-ring (bicyclic) bond motifs is 1. The molecule has 0 amide bonds. The fourth-order valence-corrected chi connectivity index (χ4v) is 2.27. The zero-order valence-corrected chi connectivity index (χ0v) is 10.8. The highest BCUT2D eigenvalue weighted by Crippen LogP contribution is 2.25. The van der Waals surface area contributed by atoms with Gasteiger partial charge in [-0.15, -0.1) is 0 Å². The lowest BCUT2D eigenvalue weighted by atomic mass is 10.1. The molecule has 2 heterocycles. The maximum atomic E-state index is 11.5. The van der Waals surface area contributed by atoms with Crippen LogP contribution in [0, 0.1) is 0 Å². The Hall–Kier alpha value is -2.34. The fraction of sp³-hybridized carbons (Fsp3) is 0.231. The molecule has 1 aromatic carbocycles. The van der Waals surface area contributed by atoms with Crippen LogP contribution in [-0.4, -0.2) is 14.1 Å². The van der Waals surface area contributed by atoms with Crippen LogP contribution in [0.5, 0.6) is 0 Å². The second-order valence-electron chi connectivity index (χ2n) is 4.46. The van der Waals surface area contributed by atoms with E-state index in [4.69, 9.17) is 10.2 Å². The van der Waals surface area contributed by atoms with Gasteiger partial charge in [-0.05, 0) is 18.2 Å². The van der Waals surface area contributed by atoms with E-state index in [2.05, 4.69) is 4.98 Å². The summed E-state index contributed by atoms with van der Waals surface area (Å²) < 4.78 is 8.52. The molecule has 19 heavy (non-hydrogen) atoms. The molecule has 0 aliphatic carbocycles. The summed E-state index contributed by atoms with van der Waals surface area (Å²) in [7, 11) is 3.60. The molecule has 0 fully saturated rings. The van der Waals surface area contributed by atoms with E-state index >= 15 is 0 Å². The molecule has 0 atom stereocenters. The van der Waals surface area contributed by atoms with Gasteiger partial charge in [0.25, 0.3) is 0 Å². The molecule has 98 valence electrons. The van der Waals surface area contributed by atoms with Crippen LogP contribution in [0.1, 0.15) is 5.69 Å². The van der Waals surface area contributed by atoms with Gasteiger partial charge in [-0.2, -0.15) is 0 Å². The number of aromatic nitrogens is 3. The summed E-state index contributed by atoms with van der Waals surface area (Å²) in [5.41, 5.74) is 9.78. The van der Waals surface area contributed by atoms with Crippen LogP contribution in [0.15, 0.2) is 33.7 Å². The third-order valence-electron chi connectivity index (χ3n) is 3.27. The summed E-state index contributed by atoms with van der Waals surface area (Å²) in [4.78, 5) is 15.7. The van der Waals surface area contributed by atoms with E-state index in [1.54, 1.807) is 19.4 Å². The molecule has 0 radical (unpaired) electrons. The van der Waals surface area contributed by atoms with E-state index in [1.165, 1.54) is 4.57 Å². The molecule has 2 N–H and O–H groups in total. The average molecular weight is 258 g/mol. The van der Waals surface area contributed by atoms with Crippen molar-refractivity contribution in [2.75, 3.05) is 0 Å². The van der Waals surface area contributed by atoms with Crippen molar-refractivity contribution in [3.05, 3.63) is 40.8 Å². The van der Waals surface area contributed by atoms with Crippen molar-refractivity contribution in [1.82, 2.24) is 14.1 Å². The lowest BCUT2D eigenvalue weighted by molar-refractivity contribution is 0.528. The summed E-state index contributed by atoms with van der Waals surface area (Å²) in [6.45, 7) is 0.374. The fourth-order valence-electron chi connectivity index (χ4n) is 2.27. The van der Waals surface area contributed by atoms with Gasteiger partial charge < -0.3 is 14.7 Å². The number of imidazole rings is 1. The number of oxazole rings is 1. The molecule has 0 saturated carbocycles. The number of hydrogen-bond acceptors (Lipinski definition) is 4.